The highest BCUT2D eigenvalue weighted by Crippen LogP contribution is 2.16. The SMILES string of the molecule is Cc1nc(C(=O)OCCNc2ccc(-c3ccccc3)nn2)cs1. The van der Waals surface area contributed by atoms with Gasteiger partial charge < -0.3 is 10.1 Å². The highest BCUT2D eigenvalue weighted by molar-refractivity contribution is 7.09. The summed E-state index contributed by atoms with van der Waals surface area (Å²) in [6.07, 6.45) is 0. The van der Waals surface area contributed by atoms with Crippen LogP contribution in [0, 0.1) is 6.92 Å². The van der Waals surface area contributed by atoms with Gasteiger partial charge in [-0.2, -0.15) is 0 Å². The van der Waals surface area contributed by atoms with Gasteiger partial charge in [0, 0.05) is 10.9 Å². The zero-order valence-corrected chi connectivity index (χ0v) is 13.9. The molecule has 24 heavy (non-hydrogen) atoms. The molecule has 1 N–H and O–H groups in total. The molecule has 0 bridgehead atoms. The molecule has 0 fully saturated rings. The van der Waals surface area contributed by atoms with Crippen molar-refractivity contribution in [3.63, 3.8) is 0 Å². The zero-order valence-electron chi connectivity index (χ0n) is 13.1. The maximum Gasteiger partial charge on any atom is 0.357 e. The molecule has 0 radical (unpaired) electrons. The van der Waals surface area contributed by atoms with Crippen LogP contribution in [0.2, 0.25) is 0 Å². The van der Waals surface area contributed by atoms with Gasteiger partial charge in [0.05, 0.1) is 17.2 Å². The molecule has 0 spiro atoms. The van der Waals surface area contributed by atoms with Crippen molar-refractivity contribution in [3.05, 3.63) is 58.5 Å². The lowest BCUT2D eigenvalue weighted by Crippen LogP contribution is -2.15. The molecule has 0 amide bonds. The minimum Gasteiger partial charge on any atom is -0.459 e. The lowest BCUT2D eigenvalue weighted by molar-refractivity contribution is 0.0514. The van der Waals surface area contributed by atoms with Crippen LogP contribution >= 0.6 is 11.3 Å². The van der Waals surface area contributed by atoms with E-state index < -0.39 is 5.97 Å². The standard InChI is InChI=1S/C17H16N4O2S/c1-12-19-15(11-24-12)17(22)23-10-9-18-16-8-7-14(20-21-16)13-5-3-2-4-6-13/h2-8,11H,9-10H2,1H3,(H,18,21). The van der Waals surface area contributed by atoms with E-state index in [2.05, 4.69) is 20.5 Å². The van der Waals surface area contributed by atoms with Gasteiger partial charge in [-0.25, -0.2) is 9.78 Å². The summed E-state index contributed by atoms with van der Waals surface area (Å²) in [5, 5.41) is 13.9. The molecule has 2 aromatic heterocycles. The van der Waals surface area contributed by atoms with Crippen molar-refractivity contribution in [1.82, 2.24) is 15.2 Å². The Labute approximate surface area is 143 Å². The number of ether oxygens (including phenoxy) is 1. The first-order chi connectivity index (χ1) is 11.7. The molecule has 6 nitrogen and oxygen atoms in total. The van der Waals surface area contributed by atoms with Crippen molar-refractivity contribution in [2.24, 2.45) is 0 Å². The first-order valence-corrected chi connectivity index (χ1v) is 8.32. The van der Waals surface area contributed by atoms with E-state index in [0.717, 1.165) is 16.3 Å². The van der Waals surface area contributed by atoms with Crippen LogP contribution < -0.4 is 5.32 Å². The highest BCUT2D eigenvalue weighted by atomic mass is 32.1. The second-order valence-corrected chi connectivity index (χ2v) is 6.05. The zero-order chi connectivity index (χ0) is 16.8. The Morgan fingerprint density at radius 3 is 2.67 bits per heavy atom. The van der Waals surface area contributed by atoms with Crippen molar-refractivity contribution < 1.29 is 9.53 Å². The lowest BCUT2D eigenvalue weighted by Gasteiger charge is -2.06. The monoisotopic (exact) mass is 340 g/mol. The minimum atomic E-state index is -0.411. The predicted octanol–water partition coefficient (Wildman–Crippen LogP) is 3.18. The fourth-order valence-electron chi connectivity index (χ4n) is 2.04. The molecule has 1 aromatic carbocycles. The van der Waals surface area contributed by atoms with Crippen LogP contribution in [0.15, 0.2) is 47.8 Å². The van der Waals surface area contributed by atoms with E-state index in [-0.39, 0.29) is 6.61 Å². The molecule has 0 unspecified atom stereocenters. The summed E-state index contributed by atoms with van der Waals surface area (Å²) in [6, 6.07) is 13.6. The number of rotatable bonds is 6. The maximum absolute atomic E-state index is 11.7. The van der Waals surface area contributed by atoms with Crippen molar-refractivity contribution in [3.8, 4) is 11.3 Å². The van der Waals surface area contributed by atoms with Gasteiger partial charge >= 0.3 is 5.97 Å². The van der Waals surface area contributed by atoms with Crippen molar-refractivity contribution in [1.29, 1.82) is 0 Å². The second kappa shape index (κ2) is 7.65. The topological polar surface area (TPSA) is 77.0 Å². The molecule has 0 saturated carbocycles. The molecule has 0 saturated heterocycles. The summed E-state index contributed by atoms with van der Waals surface area (Å²) in [4.78, 5) is 15.8. The first kappa shape index (κ1) is 16.1. The van der Waals surface area contributed by atoms with E-state index in [1.165, 1.54) is 11.3 Å². The van der Waals surface area contributed by atoms with E-state index in [1.54, 1.807) is 5.38 Å². The van der Waals surface area contributed by atoms with Gasteiger partial charge in [-0.15, -0.1) is 21.5 Å². The van der Waals surface area contributed by atoms with Crippen LogP contribution in [0.1, 0.15) is 15.5 Å². The third kappa shape index (κ3) is 4.14. The van der Waals surface area contributed by atoms with Gasteiger partial charge in [-0.1, -0.05) is 30.3 Å². The molecular formula is C17H16N4O2S. The van der Waals surface area contributed by atoms with E-state index in [9.17, 15) is 4.79 Å². The average molecular weight is 340 g/mol. The fourth-order valence-corrected chi connectivity index (χ4v) is 2.63. The van der Waals surface area contributed by atoms with Crippen molar-refractivity contribution >= 4 is 23.1 Å². The number of nitrogens with zero attached hydrogens (tertiary/aromatic N) is 3. The molecule has 0 atom stereocenters. The minimum absolute atomic E-state index is 0.234. The molecule has 3 aromatic rings. The number of esters is 1. The summed E-state index contributed by atoms with van der Waals surface area (Å²) < 4.78 is 5.15. The Morgan fingerprint density at radius 1 is 1.17 bits per heavy atom. The van der Waals surface area contributed by atoms with Gasteiger partial charge in [-0.3, -0.25) is 0 Å². The van der Waals surface area contributed by atoms with E-state index in [4.69, 9.17) is 4.74 Å². The predicted molar refractivity (Wildman–Crippen MR) is 93.1 cm³/mol. The van der Waals surface area contributed by atoms with Crippen molar-refractivity contribution in [2.75, 3.05) is 18.5 Å². The number of carbonyl (C=O) groups is 1. The number of aromatic nitrogens is 3. The molecule has 0 aliphatic carbocycles. The second-order valence-electron chi connectivity index (χ2n) is 4.98. The fraction of sp³-hybridized carbons (Fsp3) is 0.176. The average Bonchev–Trinajstić information content (AvgIpc) is 3.06. The molecule has 0 aliphatic rings. The Hall–Kier alpha value is -2.80. The molecule has 7 heteroatoms. The highest BCUT2D eigenvalue weighted by Gasteiger charge is 2.10. The van der Waals surface area contributed by atoms with Crippen LogP contribution in [0.25, 0.3) is 11.3 Å². The van der Waals surface area contributed by atoms with Gasteiger partial charge in [-0.05, 0) is 19.1 Å². The maximum atomic E-state index is 11.7. The Bertz CT molecular complexity index is 803. The summed E-state index contributed by atoms with van der Waals surface area (Å²) in [7, 11) is 0. The van der Waals surface area contributed by atoms with E-state index >= 15 is 0 Å². The van der Waals surface area contributed by atoms with Crippen LogP contribution in [-0.4, -0.2) is 34.3 Å². The van der Waals surface area contributed by atoms with Gasteiger partial charge in [0.1, 0.15) is 12.4 Å². The molecular weight excluding hydrogens is 324 g/mol. The number of benzene rings is 1. The van der Waals surface area contributed by atoms with Crippen LogP contribution in [0.3, 0.4) is 0 Å². The first-order valence-electron chi connectivity index (χ1n) is 7.44. The van der Waals surface area contributed by atoms with E-state index in [1.807, 2.05) is 49.4 Å². The Balaban J connectivity index is 1.46. The normalized spacial score (nSPS) is 10.4. The smallest absolute Gasteiger partial charge is 0.357 e. The summed E-state index contributed by atoms with van der Waals surface area (Å²) in [6.45, 7) is 2.53. The van der Waals surface area contributed by atoms with Crippen LogP contribution in [0.5, 0.6) is 0 Å². The molecule has 2 heterocycles. The quantitative estimate of drug-likeness (QED) is 0.548. The number of hydrogen-bond acceptors (Lipinski definition) is 7. The molecule has 0 aliphatic heterocycles. The van der Waals surface area contributed by atoms with Crippen molar-refractivity contribution in [2.45, 2.75) is 6.92 Å². The number of nitrogens with one attached hydrogen (secondary N) is 1. The Kier molecular flexibility index (Phi) is 5.12. The molecule has 3 rings (SSSR count). The van der Waals surface area contributed by atoms with E-state index in [0.29, 0.717) is 18.1 Å². The Morgan fingerprint density at radius 2 is 2.00 bits per heavy atom. The number of hydrogen-bond donors (Lipinski definition) is 1. The third-order valence-electron chi connectivity index (χ3n) is 3.20. The number of thiazole rings is 1. The van der Waals surface area contributed by atoms with Gasteiger partial charge in [0.25, 0.3) is 0 Å². The van der Waals surface area contributed by atoms with Crippen LogP contribution in [0.4, 0.5) is 5.82 Å². The molecule has 122 valence electrons. The number of aryl methyl sites for hydroxylation is 1. The summed E-state index contributed by atoms with van der Waals surface area (Å²) in [5.41, 5.74) is 2.18. The number of carbonyl (C=O) groups excluding carboxylic acids is 1. The van der Waals surface area contributed by atoms with Gasteiger partial charge in [0.2, 0.25) is 0 Å². The summed E-state index contributed by atoms with van der Waals surface area (Å²) in [5.74, 6) is 0.224. The third-order valence-corrected chi connectivity index (χ3v) is 3.98. The number of anilines is 1. The lowest BCUT2D eigenvalue weighted by atomic mass is 10.1. The largest absolute Gasteiger partial charge is 0.459 e. The van der Waals surface area contributed by atoms with Gasteiger partial charge in [0.15, 0.2) is 5.69 Å². The van der Waals surface area contributed by atoms with Crippen LogP contribution in [-0.2, 0) is 4.74 Å². The summed E-state index contributed by atoms with van der Waals surface area (Å²) >= 11 is 1.42.